The highest BCUT2D eigenvalue weighted by atomic mass is 15.2. The van der Waals surface area contributed by atoms with Crippen molar-refractivity contribution in [2.45, 2.75) is 46.7 Å². The van der Waals surface area contributed by atoms with E-state index in [4.69, 9.17) is 5.73 Å². The molecule has 2 aromatic rings. The van der Waals surface area contributed by atoms with Crippen LogP contribution in [0.1, 0.15) is 37.9 Å². The lowest BCUT2D eigenvalue weighted by atomic mass is 10.1. The Kier molecular flexibility index (Phi) is 4.78. The van der Waals surface area contributed by atoms with Gasteiger partial charge in [-0.3, -0.25) is 0 Å². The van der Waals surface area contributed by atoms with Gasteiger partial charge < -0.3 is 10.6 Å². The standard InChI is InChI=1S/C17H24N4/c1-5-15-10-17(20-13(4)19-15)21(12(2)3)11-14-8-6-7-9-16(14)18/h6-10,12H,5,11,18H2,1-4H3. The van der Waals surface area contributed by atoms with Gasteiger partial charge in [0.15, 0.2) is 0 Å². The fraction of sp³-hybridized carbons (Fsp3) is 0.412. The first-order valence-electron chi connectivity index (χ1n) is 7.45. The molecule has 4 heteroatoms. The molecule has 1 aromatic carbocycles. The second-order valence-corrected chi connectivity index (χ2v) is 5.54. The normalized spacial score (nSPS) is 10.9. The van der Waals surface area contributed by atoms with Crippen LogP contribution in [0.3, 0.4) is 0 Å². The van der Waals surface area contributed by atoms with Crippen LogP contribution in [0.4, 0.5) is 11.5 Å². The van der Waals surface area contributed by atoms with Crippen LogP contribution >= 0.6 is 0 Å². The van der Waals surface area contributed by atoms with Crippen molar-refractivity contribution < 1.29 is 0 Å². The van der Waals surface area contributed by atoms with E-state index in [0.717, 1.165) is 41.6 Å². The highest BCUT2D eigenvalue weighted by Gasteiger charge is 2.15. The summed E-state index contributed by atoms with van der Waals surface area (Å²) in [6.07, 6.45) is 0.912. The molecule has 112 valence electrons. The van der Waals surface area contributed by atoms with E-state index >= 15 is 0 Å². The minimum Gasteiger partial charge on any atom is -0.398 e. The van der Waals surface area contributed by atoms with E-state index in [1.54, 1.807) is 0 Å². The van der Waals surface area contributed by atoms with Gasteiger partial charge in [0.2, 0.25) is 0 Å². The van der Waals surface area contributed by atoms with Crippen LogP contribution in [0.5, 0.6) is 0 Å². The summed E-state index contributed by atoms with van der Waals surface area (Å²) in [6, 6.07) is 10.4. The largest absolute Gasteiger partial charge is 0.398 e. The Balaban J connectivity index is 2.36. The number of nitrogens with zero attached hydrogens (tertiary/aromatic N) is 3. The van der Waals surface area contributed by atoms with Crippen LogP contribution < -0.4 is 10.6 Å². The molecule has 0 aliphatic carbocycles. The molecule has 0 bridgehead atoms. The van der Waals surface area contributed by atoms with E-state index < -0.39 is 0 Å². The minimum atomic E-state index is 0.337. The number of benzene rings is 1. The van der Waals surface area contributed by atoms with Crippen LogP contribution in [0.25, 0.3) is 0 Å². The lowest BCUT2D eigenvalue weighted by Gasteiger charge is -2.29. The zero-order valence-corrected chi connectivity index (χ0v) is 13.3. The van der Waals surface area contributed by atoms with E-state index in [0.29, 0.717) is 6.04 Å². The zero-order chi connectivity index (χ0) is 15.4. The maximum absolute atomic E-state index is 6.07. The number of para-hydroxylation sites is 1. The molecule has 0 amide bonds. The first kappa shape index (κ1) is 15.3. The maximum atomic E-state index is 6.07. The van der Waals surface area contributed by atoms with E-state index in [1.807, 2.05) is 25.1 Å². The number of aromatic nitrogens is 2. The average Bonchev–Trinajstić information content (AvgIpc) is 2.45. The molecule has 2 rings (SSSR count). The molecule has 0 atom stereocenters. The van der Waals surface area contributed by atoms with Crippen LogP contribution in [0.2, 0.25) is 0 Å². The van der Waals surface area contributed by atoms with Crippen molar-refractivity contribution in [3.05, 3.63) is 47.4 Å². The number of hydrogen-bond acceptors (Lipinski definition) is 4. The summed E-state index contributed by atoms with van der Waals surface area (Å²) in [5.74, 6) is 1.79. The molecule has 0 aliphatic heterocycles. The van der Waals surface area contributed by atoms with E-state index in [1.165, 1.54) is 0 Å². The fourth-order valence-corrected chi connectivity index (χ4v) is 2.33. The third-order valence-corrected chi connectivity index (χ3v) is 3.55. The molecular formula is C17H24N4. The lowest BCUT2D eigenvalue weighted by molar-refractivity contribution is 0.668. The molecule has 0 radical (unpaired) electrons. The fourth-order valence-electron chi connectivity index (χ4n) is 2.33. The molecule has 0 saturated carbocycles. The molecule has 1 heterocycles. The van der Waals surface area contributed by atoms with Gasteiger partial charge in [-0.15, -0.1) is 0 Å². The average molecular weight is 284 g/mol. The summed E-state index contributed by atoms with van der Waals surface area (Å²) < 4.78 is 0. The molecule has 0 saturated heterocycles. The van der Waals surface area contributed by atoms with Crippen LogP contribution in [-0.4, -0.2) is 16.0 Å². The number of aryl methyl sites for hydroxylation is 2. The number of anilines is 2. The molecule has 1 aromatic heterocycles. The molecular weight excluding hydrogens is 260 g/mol. The first-order chi connectivity index (χ1) is 10.0. The maximum Gasteiger partial charge on any atom is 0.133 e. The highest BCUT2D eigenvalue weighted by molar-refractivity contribution is 5.50. The Morgan fingerprint density at radius 3 is 2.52 bits per heavy atom. The van der Waals surface area contributed by atoms with Crippen LogP contribution in [-0.2, 0) is 13.0 Å². The Bertz CT molecular complexity index is 607. The summed E-state index contributed by atoms with van der Waals surface area (Å²) in [5.41, 5.74) is 9.10. The molecule has 0 unspecified atom stereocenters. The predicted octanol–water partition coefficient (Wildman–Crippen LogP) is 3.34. The quantitative estimate of drug-likeness (QED) is 0.856. The van der Waals surface area contributed by atoms with Crippen molar-refractivity contribution in [1.82, 2.24) is 9.97 Å². The molecule has 0 fully saturated rings. The minimum absolute atomic E-state index is 0.337. The highest BCUT2D eigenvalue weighted by Crippen LogP contribution is 2.21. The number of hydrogen-bond donors (Lipinski definition) is 1. The monoisotopic (exact) mass is 284 g/mol. The number of nitrogen functional groups attached to an aromatic ring is 1. The molecule has 0 aliphatic rings. The van der Waals surface area contributed by atoms with Gasteiger partial charge in [0, 0.05) is 30.0 Å². The van der Waals surface area contributed by atoms with Crippen molar-refractivity contribution in [2.24, 2.45) is 0 Å². The summed E-state index contributed by atoms with van der Waals surface area (Å²) in [7, 11) is 0. The Morgan fingerprint density at radius 1 is 1.19 bits per heavy atom. The summed E-state index contributed by atoms with van der Waals surface area (Å²) in [4.78, 5) is 11.3. The van der Waals surface area contributed by atoms with Gasteiger partial charge in [-0.1, -0.05) is 25.1 Å². The van der Waals surface area contributed by atoms with Gasteiger partial charge in [-0.25, -0.2) is 9.97 Å². The van der Waals surface area contributed by atoms with Gasteiger partial charge in [-0.05, 0) is 38.8 Å². The topological polar surface area (TPSA) is 55.0 Å². The van der Waals surface area contributed by atoms with Crippen molar-refractivity contribution in [2.75, 3.05) is 10.6 Å². The van der Waals surface area contributed by atoms with E-state index in [9.17, 15) is 0 Å². The van der Waals surface area contributed by atoms with Crippen molar-refractivity contribution >= 4 is 11.5 Å². The Morgan fingerprint density at radius 2 is 1.90 bits per heavy atom. The summed E-state index contributed by atoms with van der Waals surface area (Å²) >= 11 is 0. The van der Waals surface area contributed by atoms with Gasteiger partial charge >= 0.3 is 0 Å². The summed E-state index contributed by atoms with van der Waals surface area (Å²) in [5, 5.41) is 0. The first-order valence-corrected chi connectivity index (χ1v) is 7.45. The van der Waals surface area contributed by atoms with Gasteiger partial charge in [0.05, 0.1) is 0 Å². The number of rotatable bonds is 5. The lowest BCUT2D eigenvalue weighted by Crippen LogP contribution is -2.31. The zero-order valence-electron chi connectivity index (χ0n) is 13.3. The van der Waals surface area contributed by atoms with Crippen molar-refractivity contribution in [3.63, 3.8) is 0 Å². The van der Waals surface area contributed by atoms with Crippen LogP contribution in [0.15, 0.2) is 30.3 Å². The van der Waals surface area contributed by atoms with Gasteiger partial charge in [0.25, 0.3) is 0 Å². The Labute approximate surface area is 127 Å². The van der Waals surface area contributed by atoms with Crippen molar-refractivity contribution in [1.29, 1.82) is 0 Å². The van der Waals surface area contributed by atoms with E-state index in [2.05, 4.69) is 47.8 Å². The van der Waals surface area contributed by atoms with Gasteiger partial charge in [-0.2, -0.15) is 0 Å². The van der Waals surface area contributed by atoms with Crippen LogP contribution in [0, 0.1) is 6.92 Å². The SMILES string of the molecule is CCc1cc(N(Cc2ccccc2N)C(C)C)nc(C)n1. The molecule has 2 N–H and O–H groups in total. The molecule has 21 heavy (non-hydrogen) atoms. The van der Waals surface area contributed by atoms with Crippen molar-refractivity contribution in [3.8, 4) is 0 Å². The second kappa shape index (κ2) is 6.57. The van der Waals surface area contributed by atoms with E-state index in [-0.39, 0.29) is 0 Å². The third-order valence-electron chi connectivity index (χ3n) is 3.55. The van der Waals surface area contributed by atoms with Gasteiger partial charge in [0.1, 0.15) is 11.6 Å². The molecule has 4 nitrogen and oxygen atoms in total. The Hall–Kier alpha value is -2.10. The smallest absolute Gasteiger partial charge is 0.133 e. The molecule has 0 spiro atoms. The second-order valence-electron chi connectivity index (χ2n) is 5.54. The number of nitrogens with two attached hydrogens (primary N) is 1. The predicted molar refractivity (Wildman–Crippen MR) is 88.3 cm³/mol. The summed E-state index contributed by atoms with van der Waals surface area (Å²) in [6.45, 7) is 9.15. The third kappa shape index (κ3) is 3.72.